The molecule has 0 aliphatic carbocycles. The van der Waals surface area contributed by atoms with Gasteiger partial charge in [-0.3, -0.25) is 10.1 Å². The zero-order valence-electron chi connectivity index (χ0n) is 14.1. The Morgan fingerprint density at radius 2 is 1.75 bits per heavy atom. The fourth-order valence-corrected chi connectivity index (χ4v) is 2.94. The maximum Gasteiger partial charge on any atom is 0.401 e. The van der Waals surface area contributed by atoms with Crippen LogP contribution in [0.2, 0.25) is 10.0 Å². The molecule has 150 valence electrons. The predicted molar refractivity (Wildman–Crippen MR) is 106 cm³/mol. The minimum absolute atomic E-state index is 0.134. The zero-order chi connectivity index (χ0) is 20.9. The van der Waals surface area contributed by atoms with Crippen LogP contribution in [-0.2, 0) is 6.42 Å². The number of carbonyl (C=O) groups is 2. The highest BCUT2D eigenvalue weighted by molar-refractivity contribution is 9.09. The first-order valence-electron chi connectivity index (χ1n) is 7.94. The lowest BCUT2D eigenvalue weighted by atomic mass is 10.1. The van der Waals surface area contributed by atoms with E-state index < -0.39 is 22.9 Å². The van der Waals surface area contributed by atoms with Crippen molar-refractivity contribution in [2.75, 3.05) is 5.32 Å². The van der Waals surface area contributed by atoms with Crippen molar-refractivity contribution in [1.29, 1.82) is 0 Å². The average molecular weight is 498 g/mol. The second-order valence-corrected chi connectivity index (χ2v) is 7.67. The lowest BCUT2D eigenvalue weighted by Crippen LogP contribution is -2.34. The quantitative estimate of drug-likeness (QED) is 0.482. The minimum Gasteiger partial charge on any atom is -0.306 e. The molecule has 0 saturated carbocycles. The third-order valence-electron chi connectivity index (χ3n) is 3.67. The van der Waals surface area contributed by atoms with Gasteiger partial charge in [-0.15, -0.1) is 0 Å². The standard InChI is InChI=1S/C18H14BrCl2F3N2O2/c19-15(18(22,23)24)8-6-10-5-7-14(13(21)9-10)25-17(28)26-16(27)11-3-1-2-4-12(11)20/h1-5,7,9,15H,6,8H2,(H2,25,26,27,28). The van der Waals surface area contributed by atoms with E-state index in [2.05, 4.69) is 26.6 Å². The molecule has 0 aromatic heterocycles. The Labute approximate surface area is 177 Å². The largest absolute Gasteiger partial charge is 0.401 e. The summed E-state index contributed by atoms with van der Waals surface area (Å²) >= 11 is 14.6. The normalized spacial score (nSPS) is 12.4. The molecule has 4 nitrogen and oxygen atoms in total. The molecule has 0 bridgehead atoms. The van der Waals surface area contributed by atoms with E-state index in [0.29, 0.717) is 5.56 Å². The number of alkyl halides is 4. The van der Waals surface area contributed by atoms with Gasteiger partial charge in [0, 0.05) is 0 Å². The van der Waals surface area contributed by atoms with E-state index in [1.807, 2.05) is 0 Å². The molecule has 3 amide bonds. The van der Waals surface area contributed by atoms with Crippen LogP contribution >= 0.6 is 39.1 Å². The Morgan fingerprint density at radius 3 is 2.36 bits per heavy atom. The van der Waals surface area contributed by atoms with E-state index in [4.69, 9.17) is 23.2 Å². The molecule has 2 aromatic rings. The van der Waals surface area contributed by atoms with Crippen LogP contribution in [0.15, 0.2) is 42.5 Å². The molecule has 0 saturated heterocycles. The van der Waals surface area contributed by atoms with Gasteiger partial charge in [0.15, 0.2) is 0 Å². The second-order valence-electron chi connectivity index (χ2n) is 5.75. The summed E-state index contributed by atoms with van der Waals surface area (Å²) in [4.78, 5) is 22.4. The molecule has 2 rings (SSSR count). The number of benzene rings is 2. The van der Waals surface area contributed by atoms with Gasteiger partial charge in [0.05, 0.1) is 21.3 Å². The number of rotatable bonds is 5. The molecule has 1 atom stereocenters. The number of anilines is 1. The smallest absolute Gasteiger partial charge is 0.306 e. The van der Waals surface area contributed by atoms with Crippen LogP contribution in [0.25, 0.3) is 0 Å². The number of urea groups is 1. The van der Waals surface area contributed by atoms with Crippen LogP contribution in [0.3, 0.4) is 0 Å². The van der Waals surface area contributed by atoms with Crippen LogP contribution in [0, 0.1) is 0 Å². The summed E-state index contributed by atoms with van der Waals surface area (Å²) in [7, 11) is 0. The van der Waals surface area contributed by atoms with Gasteiger partial charge < -0.3 is 5.32 Å². The van der Waals surface area contributed by atoms with Gasteiger partial charge in [-0.2, -0.15) is 13.2 Å². The Hall–Kier alpha value is -1.77. The number of hydrogen-bond acceptors (Lipinski definition) is 2. The highest BCUT2D eigenvalue weighted by atomic mass is 79.9. The van der Waals surface area contributed by atoms with Crippen molar-refractivity contribution in [3.8, 4) is 0 Å². The van der Waals surface area contributed by atoms with Crippen LogP contribution in [0.5, 0.6) is 0 Å². The van der Waals surface area contributed by atoms with Gasteiger partial charge in [-0.05, 0) is 42.7 Å². The number of nitrogens with one attached hydrogen (secondary N) is 2. The first-order valence-corrected chi connectivity index (χ1v) is 9.61. The Kier molecular flexibility index (Phi) is 7.74. The summed E-state index contributed by atoms with van der Waals surface area (Å²) in [5.74, 6) is -0.689. The van der Waals surface area contributed by atoms with E-state index in [9.17, 15) is 22.8 Å². The topological polar surface area (TPSA) is 58.2 Å². The van der Waals surface area contributed by atoms with Gasteiger partial charge >= 0.3 is 12.2 Å². The Balaban J connectivity index is 1.96. The molecule has 10 heteroatoms. The Morgan fingerprint density at radius 1 is 1.07 bits per heavy atom. The molecule has 1 unspecified atom stereocenters. The first-order chi connectivity index (χ1) is 13.1. The molecular weight excluding hydrogens is 484 g/mol. The maximum absolute atomic E-state index is 12.5. The zero-order valence-corrected chi connectivity index (χ0v) is 17.2. The van der Waals surface area contributed by atoms with E-state index >= 15 is 0 Å². The highest BCUT2D eigenvalue weighted by Gasteiger charge is 2.36. The number of imide groups is 1. The molecular formula is C18H14BrCl2F3N2O2. The molecule has 0 spiro atoms. The molecule has 0 aliphatic heterocycles. The van der Waals surface area contributed by atoms with Crippen molar-refractivity contribution in [3.05, 3.63) is 63.6 Å². The molecule has 0 aliphatic rings. The maximum atomic E-state index is 12.5. The average Bonchev–Trinajstić information content (AvgIpc) is 2.61. The molecule has 2 aromatic carbocycles. The number of halogens is 6. The summed E-state index contributed by atoms with van der Waals surface area (Å²) in [6.07, 6.45) is -4.33. The SMILES string of the molecule is O=C(NC(=O)c1ccccc1Cl)Nc1ccc(CCC(Br)C(F)(F)F)cc1Cl. The van der Waals surface area contributed by atoms with Crippen molar-refractivity contribution in [2.24, 2.45) is 0 Å². The van der Waals surface area contributed by atoms with Crippen LogP contribution < -0.4 is 10.6 Å². The molecule has 2 N–H and O–H groups in total. The van der Waals surface area contributed by atoms with Gasteiger partial charge in [-0.25, -0.2) is 4.79 Å². The summed E-state index contributed by atoms with van der Waals surface area (Å²) in [5.41, 5.74) is 0.924. The minimum atomic E-state index is -4.32. The second kappa shape index (κ2) is 9.62. The summed E-state index contributed by atoms with van der Waals surface area (Å²) in [5, 5.41) is 4.86. The van der Waals surface area contributed by atoms with Crippen molar-refractivity contribution in [2.45, 2.75) is 23.8 Å². The molecule has 0 heterocycles. The van der Waals surface area contributed by atoms with Crippen LogP contribution in [-0.4, -0.2) is 22.9 Å². The third-order valence-corrected chi connectivity index (χ3v) is 5.29. The van der Waals surface area contributed by atoms with Crippen molar-refractivity contribution in [1.82, 2.24) is 5.32 Å². The number of aryl methyl sites for hydroxylation is 1. The van der Waals surface area contributed by atoms with Crippen molar-refractivity contribution in [3.63, 3.8) is 0 Å². The lowest BCUT2D eigenvalue weighted by molar-refractivity contribution is -0.128. The van der Waals surface area contributed by atoms with Crippen molar-refractivity contribution < 1.29 is 22.8 Å². The van der Waals surface area contributed by atoms with Crippen molar-refractivity contribution >= 4 is 56.8 Å². The number of carbonyl (C=O) groups excluding carboxylic acids is 2. The Bertz CT molecular complexity index is 878. The fourth-order valence-electron chi connectivity index (χ4n) is 2.24. The summed E-state index contributed by atoms with van der Waals surface area (Å²) < 4.78 is 37.6. The van der Waals surface area contributed by atoms with Crippen LogP contribution in [0.4, 0.5) is 23.7 Å². The van der Waals surface area contributed by atoms with Gasteiger partial charge in [-0.1, -0.05) is 57.3 Å². The van der Waals surface area contributed by atoms with Crippen LogP contribution in [0.1, 0.15) is 22.3 Å². The van der Waals surface area contributed by atoms with Gasteiger partial charge in [0.25, 0.3) is 5.91 Å². The third kappa shape index (κ3) is 6.39. The monoisotopic (exact) mass is 496 g/mol. The predicted octanol–water partition coefficient (Wildman–Crippen LogP) is 6.21. The first kappa shape index (κ1) is 22.5. The fraction of sp³-hybridized carbons (Fsp3) is 0.222. The number of hydrogen-bond donors (Lipinski definition) is 2. The van der Waals surface area contributed by atoms with E-state index in [-0.39, 0.29) is 34.1 Å². The lowest BCUT2D eigenvalue weighted by Gasteiger charge is -2.14. The van der Waals surface area contributed by atoms with Gasteiger partial charge in [0.1, 0.15) is 4.83 Å². The van der Waals surface area contributed by atoms with Gasteiger partial charge in [0.2, 0.25) is 0 Å². The molecule has 0 radical (unpaired) electrons. The van der Waals surface area contributed by atoms with E-state index in [0.717, 1.165) is 0 Å². The summed E-state index contributed by atoms with van der Waals surface area (Å²) in [6, 6.07) is 9.87. The summed E-state index contributed by atoms with van der Waals surface area (Å²) in [6.45, 7) is 0. The number of amides is 3. The molecule has 0 fully saturated rings. The highest BCUT2D eigenvalue weighted by Crippen LogP contribution is 2.31. The van der Waals surface area contributed by atoms with E-state index in [1.54, 1.807) is 18.2 Å². The van der Waals surface area contributed by atoms with E-state index in [1.165, 1.54) is 24.3 Å². The molecule has 28 heavy (non-hydrogen) atoms.